The van der Waals surface area contributed by atoms with Gasteiger partial charge >= 0.3 is 0 Å². The number of aromatic nitrogens is 1. The second kappa shape index (κ2) is 8.61. The fraction of sp³-hybridized carbons (Fsp3) is 0.292. The van der Waals surface area contributed by atoms with Crippen LogP contribution in [0.2, 0.25) is 0 Å². The maximum atomic E-state index is 5.41. The lowest BCUT2D eigenvalue weighted by Crippen LogP contribution is -2.24. The van der Waals surface area contributed by atoms with E-state index in [0.717, 1.165) is 17.1 Å². The minimum atomic E-state index is 0.457. The SMILES string of the molecule is C=C1c2scnc2C=CN1C(C)C.COc1cc2ccccc2cc1C(C)C. The molecule has 1 aliphatic rings. The van der Waals surface area contributed by atoms with Crippen LogP contribution in [0, 0.1) is 0 Å². The highest BCUT2D eigenvalue weighted by molar-refractivity contribution is 7.11. The summed E-state index contributed by atoms with van der Waals surface area (Å²) in [5.41, 5.74) is 5.25. The molecule has 0 aliphatic carbocycles. The number of benzene rings is 2. The molecular formula is C24H28N2OS. The van der Waals surface area contributed by atoms with Gasteiger partial charge in [0.1, 0.15) is 5.75 Å². The molecule has 0 spiro atoms. The third-order valence-electron chi connectivity index (χ3n) is 4.84. The van der Waals surface area contributed by atoms with Gasteiger partial charge in [0.05, 0.1) is 28.9 Å². The fourth-order valence-electron chi connectivity index (χ4n) is 3.30. The molecule has 4 heteroatoms. The molecule has 1 aromatic heterocycles. The molecule has 0 atom stereocenters. The second-order valence-corrected chi connectivity index (χ2v) is 8.28. The number of methoxy groups -OCH3 is 1. The lowest BCUT2D eigenvalue weighted by atomic mass is 9.98. The number of nitrogens with zero attached hydrogens (tertiary/aromatic N) is 2. The molecule has 28 heavy (non-hydrogen) atoms. The fourth-order valence-corrected chi connectivity index (χ4v) is 4.05. The van der Waals surface area contributed by atoms with Gasteiger partial charge in [-0.2, -0.15) is 0 Å². The van der Waals surface area contributed by atoms with Crippen LogP contribution in [0.3, 0.4) is 0 Å². The van der Waals surface area contributed by atoms with Crippen LogP contribution < -0.4 is 4.74 Å². The summed E-state index contributed by atoms with van der Waals surface area (Å²) in [7, 11) is 1.73. The van der Waals surface area contributed by atoms with Crippen molar-refractivity contribution in [3.63, 3.8) is 0 Å². The van der Waals surface area contributed by atoms with E-state index in [0.29, 0.717) is 12.0 Å². The van der Waals surface area contributed by atoms with E-state index < -0.39 is 0 Å². The third kappa shape index (κ3) is 4.12. The van der Waals surface area contributed by atoms with Crippen molar-refractivity contribution in [1.82, 2.24) is 9.88 Å². The molecule has 3 nitrogen and oxygen atoms in total. The van der Waals surface area contributed by atoms with Gasteiger partial charge in [-0.3, -0.25) is 0 Å². The van der Waals surface area contributed by atoms with Gasteiger partial charge in [-0.1, -0.05) is 44.7 Å². The van der Waals surface area contributed by atoms with Crippen LogP contribution in [0.5, 0.6) is 5.75 Å². The number of ether oxygens (including phenoxy) is 1. The molecule has 146 valence electrons. The number of rotatable bonds is 3. The van der Waals surface area contributed by atoms with E-state index in [1.54, 1.807) is 18.4 Å². The Morgan fingerprint density at radius 1 is 1.07 bits per heavy atom. The van der Waals surface area contributed by atoms with Gasteiger partial charge in [0.2, 0.25) is 0 Å². The highest BCUT2D eigenvalue weighted by Crippen LogP contribution is 2.32. The first-order chi connectivity index (χ1) is 13.4. The van der Waals surface area contributed by atoms with Crippen molar-refractivity contribution in [2.24, 2.45) is 0 Å². The maximum absolute atomic E-state index is 5.41. The van der Waals surface area contributed by atoms with E-state index in [9.17, 15) is 0 Å². The van der Waals surface area contributed by atoms with Crippen molar-refractivity contribution in [3.8, 4) is 5.75 Å². The number of thiazole rings is 1. The van der Waals surface area contributed by atoms with Gasteiger partial charge in [-0.05, 0) is 54.3 Å². The van der Waals surface area contributed by atoms with Crippen molar-refractivity contribution < 1.29 is 4.74 Å². The van der Waals surface area contributed by atoms with Crippen LogP contribution in [-0.4, -0.2) is 23.0 Å². The largest absolute Gasteiger partial charge is 0.496 e. The lowest BCUT2D eigenvalue weighted by Gasteiger charge is -2.28. The molecule has 0 unspecified atom stereocenters. The van der Waals surface area contributed by atoms with Crippen LogP contribution in [0.15, 0.2) is 54.7 Å². The normalized spacial score (nSPS) is 13.0. The van der Waals surface area contributed by atoms with E-state index in [-0.39, 0.29) is 0 Å². The predicted octanol–water partition coefficient (Wildman–Crippen LogP) is 6.78. The molecule has 0 N–H and O–H groups in total. The topological polar surface area (TPSA) is 25.4 Å². The summed E-state index contributed by atoms with van der Waals surface area (Å²) in [5, 5.41) is 2.51. The average Bonchev–Trinajstić information content (AvgIpc) is 3.17. The van der Waals surface area contributed by atoms with Crippen LogP contribution in [0.1, 0.15) is 49.7 Å². The molecule has 0 amide bonds. The summed E-state index contributed by atoms with van der Waals surface area (Å²) >= 11 is 1.65. The van der Waals surface area contributed by atoms with E-state index in [2.05, 4.69) is 86.8 Å². The molecule has 1 aliphatic heterocycles. The van der Waals surface area contributed by atoms with Crippen LogP contribution in [-0.2, 0) is 0 Å². The maximum Gasteiger partial charge on any atom is 0.122 e. The van der Waals surface area contributed by atoms with Crippen LogP contribution in [0.4, 0.5) is 0 Å². The zero-order valence-electron chi connectivity index (χ0n) is 17.3. The lowest BCUT2D eigenvalue weighted by molar-refractivity contribution is 0.408. The standard InChI is InChI=1S/C14H16O.C10H12N2S/c1-10(2)13-8-11-6-4-5-7-12(11)9-14(13)15-3;1-7(2)12-5-4-9-10(8(12)3)13-6-11-9/h4-10H,1-3H3;4-7H,3H2,1-2H3. The van der Waals surface area contributed by atoms with E-state index in [4.69, 9.17) is 4.74 Å². The van der Waals surface area contributed by atoms with Gasteiger partial charge in [-0.25, -0.2) is 4.98 Å². The van der Waals surface area contributed by atoms with Gasteiger partial charge in [0.25, 0.3) is 0 Å². The van der Waals surface area contributed by atoms with Crippen molar-refractivity contribution >= 4 is 33.9 Å². The molecule has 2 heterocycles. The summed E-state index contributed by atoms with van der Waals surface area (Å²) in [6, 6.07) is 13.2. The Morgan fingerprint density at radius 2 is 1.75 bits per heavy atom. The Morgan fingerprint density at radius 3 is 2.36 bits per heavy atom. The first-order valence-electron chi connectivity index (χ1n) is 9.58. The zero-order valence-corrected chi connectivity index (χ0v) is 18.1. The van der Waals surface area contributed by atoms with E-state index in [1.165, 1.54) is 21.2 Å². The minimum Gasteiger partial charge on any atom is -0.496 e. The smallest absolute Gasteiger partial charge is 0.122 e. The van der Waals surface area contributed by atoms with Gasteiger partial charge < -0.3 is 9.64 Å². The Balaban J connectivity index is 0.000000162. The molecule has 4 rings (SSSR count). The first-order valence-corrected chi connectivity index (χ1v) is 10.5. The molecule has 0 bridgehead atoms. The highest BCUT2D eigenvalue weighted by atomic mass is 32.1. The van der Waals surface area contributed by atoms with Crippen molar-refractivity contribution in [2.45, 2.75) is 39.7 Å². The number of hydrogen-bond donors (Lipinski definition) is 0. The van der Waals surface area contributed by atoms with E-state index >= 15 is 0 Å². The molecule has 0 fully saturated rings. The van der Waals surface area contributed by atoms with Gasteiger partial charge in [0.15, 0.2) is 0 Å². The summed E-state index contributed by atoms with van der Waals surface area (Å²) in [4.78, 5) is 7.60. The molecule has 2 aromatic carbocycles. The minimum absolute atomic E-state index is 0.457. The molecular weight excluding hydrogens is 364 g/mol. The van der Waals surface area contributed by atoms with Gasteiger partial charge in [0, 0.05) is 12.2 Å². The zero-order chi connectivity index (χ0) is 20.3. The first kappa shape index (κ1) is 20.2. The Hall–Kier alpha value is -2.59. The molecule has 0 saturated heterocycles. The third-order valence-corrected chi connectivity index (χ3v) is 5.73. The van der Waals surface area contributed by atoms with E-state index in [1.807, 2.05) is 11.6 Å². The average molecular weight is 393 g/mol. The number of fused-ring (bicyclic) bond motifs is 2. The molecule has 3 aromatic rings. The summed E-state index contributed by atoms with van der Waals surface area (Å²) in [6.45, 7) is 12.8. The monoisotopic (exact) mass is 392 g/mol. The second-order valence-electron chi connectivity index (χ2n) is 7.43. The summed E-state index contributed by atoms with van der Waals surface area (Å²) < 4.78 is 5.41. The van der Waals surface area contributed by atoms with Crippen molar-refractivity contribution in [2.75, 3.05) is 7.11 Å². The quantitative estimate of drug-likeness (QED) is 0.491. The van der Waals surface area contributed by atoms with Crippen molar-refractivity contribution in [1.29, 1.82) is 0 Å². The predicted molar refractivity (Wildman–Crippen MR) is 122 cm³/mol. The van der Waals surface area contributed by atoms with Crippen molar-refractivity contribution in [3.05, 3.63) is 70.8 Å². The molecule has 0 saturated carbocycles. The number of hydrogen-bond acceptors (Lipinski definition) is 4. The van der Waals surface area contributed by atoms with Gasteiger partial charge in [-0.15, -0.1) is 11.3 Å². The Bertz CT molecular complexity index is 1000. The highest BCUT2D eigenvalue weighted by Gasteiger charge is 2.18. The van der Waals surface area contributed by atoms with Crippen LogP contribution in [0.25, 0.3) is 22.5 Å². The Kier molecular flexibility index (Phi) is 6.20. The Labute approximate surface area is 172 Å². The summed E-state index contributed by atoms with van der Waals surface area (Å²) in [6.07, 6.45) is 4.09. The van der Waals surface area contributed by atoms with Crippen LogP contribution >= 0.6 is 11.3 Å². The summed E-state index contributed by atoms with van der Waals surface area (Å²) in [5.74, 6) is 1.48. The molecule has 0 radical (unpaired) electrons.